The van der Waals surface area contributed by atoms with Crippen molar-refractivity contribution in [2.75, 3.05) is 0 Å². The van der Waals surface area contributed by atoms with E-state index in [2.05, 4.69) is 20.3 Å². The molecule has 0 spiro atoms. The molecular formula is C11H14N4. The SMILES string of the molecule is Cc1ccc2[nH]c(CNC3CC3)nc2n1. The monoisotopic (exact) mass is 202 g/mol. The van der Waals surface area contributed by atoms with E-state index in [-0.39, 0.29) is 0 Å². The summed E-state index contributed by atoms with van der Waals surface area (Å²) in [4.78, 5) is 12.1. The van der Waals surface area contributed by atoms with Gasteiger partial charge < -0.3 is 10.3 Å². The summed E-state index contributed by atoms with van der Waals surface area (Å²) < 4.78 is 0. The number of pyridine rings is 1. The smallest absolute Gasteiger partial charge is 0.177 e. The molecule has 0 unspecified atom stereocenters. The van der Waals surface area contributed by atoms with E-state index in [9.17, 15) is 0 Å². The Bertz CT molecular complexity index is 484. The van der Waals surface area contributed by atoms with Gasteiger partial charge >= 0.3 is 0 Å². The number of aryl methyl sites for hydroxylation is 1. The van der Waals surface area contributed by atoms with Crippen molar-refractivity contribution in [3.63, 3.8) is 0 Å². The fraction of sp³-hybridized carbons (Fsp3) is 0.455. The molecule has 4 nitrogen and oxygen atoms in total. The molecule has 1 saturated carbocycles. The molecule has 1 aliphatic rings. The Morgan fingerprint density at radius 1 is 1.40 bits per heavy atom. The molecule has 1 fully saturated rings. The molecule has 2 N–H and O–H groups in total. The molecule has 0 radical (unpaired) electrons. The van der Waals surface area contributed by atoms with E-state index in [1.165, 1.54) is 12.8 Å². The Morgan fingerprint density at radius 3 is 3.07 bits per heavy atom. The molecule has 15 heavy (non-hydrogen) atoms. The van der Waals surface area contributed by atoms with Crippen LogP contribution in [0.5, 0.6) is 0 Å². The van der Waals surface area contributed by atoms with Gasteiger partial charge in [-0.2, -0.15) is 0 Å². The highest BCUT2D eigenvalue weighted by Crippen LogP contribution is 2.19. The number of rotatable bonds is 3. The fourth-order valence-corrected chi connectivity index (χ4v) is 1.65. The Morgan fingerprint density at radius 2 is 2.27 bits per heavy atom. The van der Waals surface area contributed by atoms with Gasteiger partial charge in [0, 0.05) is 11.7 Å². The van der Waals surface area contributed by atoms with Crippen molar-refractivity contribution in [2.24, 2.45) is 0 Å². The van der Waals surface area contributed by atoms with E-state index < -0.39 is 0 Å². The maximum absolute atomic E-state index is 4.44. The molecule has 2 heterocycles. The van der Waals surface area contributed by atoms with Crippen LogP contribution in [0.3, 0.4) is 0 Å². The molecule has 0 aromatic carbocycles. The van der Waals surface area contributed by atoms with Gasteiger partial charge in [-0.15, -0.1) is 0 Å². The van der Waals surface area contributed by atoms with Crippen LogP contribution in [0.2, 0.25) is 0 Å². The van der Waals surface area contributed by atoms with Gasteiger partial charge in [-0.05, 0) is 31.9 Å². The van der Waals surface area contributed by atoms with Crippen molar-refractivity contribution in [1.29, 1.82) is 0 Å². The summed E-state index contributed by atoms with van der Waals surface area (Å²) in [6.07, 6.45) is 2.61. The molecule has 0 amide bonds. The number of nitrogens with zero attached hydrogens (tertiary/aromatic N) is 2. The first-order chi connectivity index (χ1) is 7.31. The maximum Gasteiger partial charge on any atom is 0.177 e. The number of fused-ring (bicyclic) bond motifs is 1. The third-order valence-corrected chi connectivity index (χ3v) is 2.67. The number of imidazole rings is 1. The Hall–Kier alpha value is -1.42. The summed E-state index contributed by atoms with van der Waals surface area (Å²) in [5, 5.41) is 3.43. The van der Waals surface area contributed by atoms with Crippen molar-refractivity contribution >= 4 is 11.2 Å². The average molecular weight is 202 g/mol. The fourth-order valence-electron chi connectivity index (χ4n) is 1.65. The van der Waals surface area contributed by atoms with Crippen LogP contribution < -0.4 is 5.32 Å². The van der Waals surface area contributed by atoms with Crippen LogP contribution in [0, 0.1) is 6.92 Å². The molecule has 2 aromatic heterocycles. The van der Waals surface area contributed by atoms with E-state index >= 15 is 0 Å². The second-order valence-electron chi connectivity index (χ2n) is 4.16. The zero-order valence-corrected chi connectivity index (χ0v) is 8.75. The van der Waals surface area contributed by atoms with Crippen LogP contribution in [0.4, 0.5) is 0 Å². The van der Waals surface area contributed by atoms with Gasteiger partial charge in [0.05, 0.1) is 12.1 Å². The van der Waals surface area contributed by atoms with Gasteiger partial charge in [-0.1, -0.05) is 0 Å². The zero-order valence-electron chi connectivity index (χ0n) is 8.75. The zero-order chi connectivity index (χ0) is 10.3. The average Bonchev–Trinajstić information content (AvgIpc) is 2.95. The lowest BCUT2D eigenvalue weighted by Gasteiger charge is -1.96. The first-order valence-corrected chi connectivity index (χ1v) is 5.37. The molecule has 0 bridgehead atoms. The van der Waals surface area contributed by atoms with Gasteiger partial charge in [0.1, 0.15) is 5.82 Å². The normalized spacial score (nSPS) is 16.1. The van der Waals surface area contributed by atoms with Gasteiger partial charge in [0.2, 0.25) is 0 Å². The minimum Gasteiger partial charge on any atom is -0.340 e. The summed E-state index contributed by atoms with van der Waals surface area (Å²) in [6.45, 7) is 2.80. The third kappa shape index (κ3) is 1.85. The molecule has 0 saturated heterocycles. The summed E-state index contributed by atoms with van der Waals surface area (Å²) in [5.41, 5.74) is 2.85. The van der Waals surface area contributed by atoms with Crippen molar-refractivity contribution in [1.82, 2.24) is 20.3 Å². The van der Waals surface area contributed by atoms with Crippen LogP contribution >= 0.6 is 0 Å². The number of nitrogens with one attached hydrogen (secondary N) is 2. The second kappa shape index (κ2) is 3.31. The molecule has 0 atom stereocenters. The summed E-state index contributed by atoms with van der Waals surface area (Å²) >= 11 is 0. The number of H-pyrrole nitrogens is 1. The number of hydrogen-bond donors (Lipinski definition) is 2. The standard InChI is InChI=1S/C11H14N4/c1-7-2-5-9-11(13-7)15-10(14-9)6-12-8-3-4-8/h2,5,8,12H,3-4,6H2,1H3,(H,13,14,15). The quantitative estimate of drug-likeness (QED) is 0.793. The van der Waals surface area contributed by atoms with Crippen LogP contribution in [0.1, 0.15) is 24.4 Å². The summed E-state index contributed by atoms with van der Waals surface area (Å²) in [5.74, 6) is 0.981. The topological polar surface area (TPSA) is 53.6 Å². The lowest BCUT2D eigenvalue weighted by molar-refractivity contribution is 0.665. The van der Waals surface area contributed by atoms with Crippen LogP contribution in [-0.4, -0.2) is 21.0 Å². The largest absolute Gasteiger partial charge is 0.340 e. The molecule has 1 aliphatic carbocycles. The molecular weight excluding hydrogens is 188 g/mol. The van der Waals surface area contributed by atoms with Gasteiger partial charge in [0.25, 0.3) is 0 Å². The van der Waals surface area contributed by atoms with Crippen LogP contribution in [0.15, 0.2) is 12.1 Å². The second-order valence-corrected chi connectivity index (χ2v) is 4.16. The Balaban J connectivity index is 1.84. The lowest BCUT2D eigenvalue weighted by Crippen LogP contribution is -2.16. The first kappa shape index (κ1) is 8.85. The highest BCUT2D eigenvalue weighted by atomic mass is 15.0. The number of hydrogen-bond acceptors (Lipinski definition) is 3. The van der Waals surface area contributed by atoms with Gasteiger partial charge in [-0.3, -0.25) is 0 Å². The summed E-state index contributed by atoms with van der Waals surface area (Å²) in [7, 11) is 0. The van der Waals surface area contributed by atoms with E-state index in [4.69, 9.17) is 0 Å². The van der Waals surface area contributed by atoms with E-state index in [1.807, 2.05) is 19.1 Å². The molecule has 0 aliphatic heterocycles. The number of aromatic amines is 1. The molecule has 78 valence electrons. The first-order valence-electron chi connectivity index (χ1n) is 5.37. The predicted molar refractivity (Wildman–Crippen MR) is 58.5 cm³/mol. The van der Waals surface area contributed by atoms with Crippen molar-refractivity contribution in [2.45, 2.75) is 32.4 Å². The predicted octanol–water partition coefficient (Wildman–Crippen LogP) is 1.52. The minimum absolute atomic E-state index is 0.716. The lowest BCUT2D eigenvalue weighted by atomic mass is 10.4. The van der Waals surface area contributed by atoms with Crippen molar-refractivity contribution in [3.05, 3.63) is 23.7 Å². The van der Waals surface area contributed by atoms with Crippen molar-refractivity contribution in [3.8, 4) is 0 Å². The van der Waals surface area contributed by atoms with Crippen LogP contribution in [-0.2, 0) is 6.54 Å². The maximum atomic E-state index is 4.44. The highest BCUT2D eigenvalue weighted by Gasteiger charge is 2.20. The highest BCUT2D eigenvalue weighted by molar-refractivity contribution is 5.70. The molecule has 4 heteroatoms. The molecule has 2 aromatic rings. The van der Waals surface area contributed by atoms with E-state index in [0.29, 0.717) is 6.04 Å². The van der Waals surface area contributed by atoms with Crippen molar-refractivity contribution < 1.29 is 0 Å². The Kier molecular flexibility index (Phi) is 1.95. The minimum atomic E-state index is 0.716. The molecule has 3 rings (SSSR count). The van der Waals surface area contributed by atoms with Gasteiger partial charge in [0.15, 0.2) is 5.65 Å². The van der Waals surface area contributed by atoms with E-state index in [0.717, 1.165) is 29.2 Å². The number of aromatic nitrogens is 3. The third-order valence-electron chi connectivity index (χ3n) is 2.67. The van der Waals surface area contributed by atoms with E-state index in [1.54, 1.807) is 0 Å². The van der Waals surface area contributed by atoms with Crippen LogP contribution in [0.25, 0.3) is 11.2 Å². The van der Waals surface area contributed by atoms with Gasteiger partial charge in [-0.25, -0.2) is 9.97 Å². The summed E-state index contributed by atoms with van der Waals surface area (Å²) in [6, 6.07) is 4.75. The Labute approximate surface area is 88.1 Å².